The van der Waals surface area contributed by atoms with Crippen molar-refractivity contribution in [3.63, 3.8) is 0 Å². The first-order valence-electron chi connectivity index (χ1n) is 12.7. The van der Waals surface area contributed by atoms with Crippen molar-refractivity contribution in [3.8, 4) is 5.69 Å². The van der Waals surface area contributed by atoms with Crippen molar-refractivity contribution >= 4 is 50.3 Å². The second kappa shape index (κ2) is 10.2. The van der Waals surface area contributed by atoms with E-state index >= 15 is 0 Å². The maximum Gasteiger partial charge on any atom is 0.265 e. The Morgan fingerprint density at radius 2 is 1.88 bits per heavy atom. The van der Waals surface area contributed by atoms with Crippen LogP contribution in [0.15, 0.2) is 74.1 Å². The number of carbonyl (C=O) groups excluding carboxylic acids is 1. The highest BCUT2D eigenvalue weighted by atomic mass is 32.2. The number of thioether (sulfide) groups is 1. The van der Waals surface area contributed by atoms with E-state index in [2.05, 4.69) is 20.3 Å². The van der Waals surface area contributed by atoms with Gasteiger partial charge in [-0.05, 0) is 56.7 Å². The number of hydrogen-bond acceptors (Lipinski definition) is 9. The Labute approximate surface area is 238 Å². The van der Waals surface area contributed by atoms with Gasteiger partial charge in [-0.1, -0.05) is 35.1 Å². The standard InChI is InChI=1S/C27H25N7O5S2/c1-15-6-4-5-7-22(15)34-24-21(13-28-34)26(36)33-19(14-40-27(33)30-24)12-23(35)29-18-8-10-20(11-9-18)41(37,38)32-25-16(2)17(3)31-39-25/h4-11,13,19,32H,12,14H2,1-3H3,(H,29,35). The number of benzene rings is 2. The van der Waals surface area contributed by atoms with Gasteiger partial charge in [-0.3, -0.25) is 14.2 Å². The molecule has 2 aromatic carbocycles. The van der Waals surface area contributed by atoms with Crippen LogP contribution < -0.4 is 15.6 Å². The molecule has 5 aromatic rings. The van der Waals surface area contributed by atoms with E-state index in [1.807, 2.05) is 31.2 Å². The van der Waals surface area contributed by atoms with Crippen LogP contribution in [0.4, 0.5) is 11.6 Å². The van der Waals surface area contributed by atoms with Crippen LogP contribution in [-0.2, 0) is 14.8 Å². The number of amides is 1. The molecule has 1 unspecified atom stereocenters. The zero-order valence-corrected chi connectivity index (χ0v) is 23.9. The second-order valence-corrected chi connectivity index (χ2v) is 12.4. The van der Waals surface area contributed by atoms with Crippen LogP contribution in [0.2, 0.25) is 0 Å². The molecule has 1 aliphatic heterocycles. The Morgan fingerprint density at radius 3 is 2.59 bits per heavy atom. The molecule has 0 saturated heterocycles. The number of aryl methyl sites for hydroxylation is 2. The van der Waals surface area contributed by atoms with E-state index in [1.54, 1.807) is 23.1 Å². The molecule has 0 aliphatic carbocycles. The van der Waals surface area contributed by atoms with Crippen LogP contribution in [0.25, 0.3) is 16.7 Å². The van der Waals surface area contributed by atoms with Crippen molar-refractivity contribution in [1.29, 1.82) is 0 Å². The van der Waals surface area contributed by atoms with Crippen LogP contribution in [-0.4, -0.2) is 44.6 Å². The molecule has 3 aromatic heterocycles. The highest BCUT2D eigenvalue weighted by Gasteiger charge is 2.30. The van der Waals surface area contributed by atoms with E-state index in [-0.39, 0.29) is 28.7 Å². The lowest BCUT2D eigenvalue weighted by Gasteiger charge is -2.14. The van der Waals surface area contributed by atoms with Crippen molar-refractivity contribution in [2.24, 2.45) is 0 Å². The molecule has 0 fully saturated rings. The van der Waals surface area contributed by atoms with E-state index in [9.17, 15) is 18.0 Å². The minimum absolute atomic E-state index is 0.00189. The average Bonchev–Trinajstić information content (AvgIpc) is 3.63. The van der Waals surface area contributed by atoms with E-state index in [0.29, 0.717) is 38.9 Å². The molecule has 0 radical (unpaired) electrons. The molecule has 0 saturated carbocycles. The first-order chi connectivity index (χ1) is 19.6. The summed E-state index contributed by atoms with van der Waals surface area (Å²) in [5.41, 5.74) is 3.69. The van der Waals surface area contributed by atoms with Gasteiger partial charge in [0.25, 0.3) is 15.6 Å². The van der Waals surface area contributed by atoms with Gasteiger partial charge >= 0.3 is 0 Å². The van der Waals surface area contributed by atoms with Crippen LogP contribution in [0.5, 0.6) is 0 Å². The van der Waals surface area contributed by atoms with E-state index in [4.69, 9.17) is 9.51 Å². The van der Waals surface area contributed by atoms with Gasteiger partial charge in [-0.25, -0.2) is 22.8 Å². The highest BCUT2D eigenvalue weighted by molar-refractivity contribution is 7.99. The first kappa shape index (κ1) is 26.8. The van der Waals surface area contributed by atoms with Crippen molar-refractivity contribution in [1.82, 2.24) is 24.5 Å². The number of sulfonamides is 1. The SMILES string of the molecule is Cc1ccccc1-n1ncc2c(=O)n3c(nc21)SCC3CC(=O)Nc1ccc(S(=O)(=O)Nc2onc(C)c2C)cc1. The number of anilines is 2. The Balaban J connectivity index is 1.17. The van der Waals surface area contributed by atoms with Crippen molar-refractivity contribution in [2.45, 2.75) is 43.3 Å². The summed E-state index contributed by atoms with van der Waals surface area (Å²) in [5, 5.41) is 11.9. The van der Waals surface area contributed by atoms with Gasteiger partial charge in [-0.15, -0.1) is 0 Å². The topological polar surface area (TPSA) is 154 Å². The summed E-state index contributed by atoms with van der Waals surface area (Å²) >= 11 is 1.42. The molecule has 14 heteroatoms. The Kier molecular flexibility index (Phi) is 6.66. The molecule has 41 heavy (non-hydrogen) atoms. The lowest BCUT2D eigenvalue weighted by Crippen LogP contribution is -2.27. The zero-order chi connectivity index (χ0) is 28.9. The van der Waals surface area contributed by atoms with Gasteiger partial charge in [0, 0.05) is 23.4 Å². The monoisotopic (exact) mass is 591 g/mol. The van der Waals surface area contributed by atoms with Crippen molar-refractivity contribution in [2.75, 3.05) is 15.8 Å². The summed E-state index contributed by atoms with van der Waals surface area (Å²) in [5.74, 6) is 0.260. The number of para-hydroxylation sites is 1. The molecule has 4 heterocycles. The third-order valence-electron chi connectivity index (χ3n) is 6.97. The van der Waals surface area contributed by atoms with E-state index < -0.39 is 16.1 Å². The summed E-state index contributed by atoms with van der Waals surface area (Å²) in [6.07, 6.45) is 1.56. The molecule has 210 valence electrons. The fraction of sp³-hybridized carbons (Fsp3) is 0.222. The number of hydrogen-bond donors (Lipinski definition) is 2. The largest absolute Gasteiger partial charge is 0.337 e. The molecular formula is C27H25N7O5S2. The number of nitrogens with zero attached hydrogens (tertiary/aromatic N) is 5. The molecule has 2 N–H and O–H groups in total. The Morgan fingerprint density at radius 1 is 1.12 bits per heavy atom. The summed E-state index contributed by atoms with van der Waals surface area (Å²) in [6, 6.07) is 13.1. The van der Waals surface area contributed by atoms with Crippen LogP contribution in [0.3, 0.4) is 0 Å². The molecule has 1 aliphatic rings. The Bertz CT molecular complexity index is 1980. The highest BCUT2D eigenvalue weighted by Crippen LogP contribution is 2.34. The summed E-state index contributed by atoms with van der Waals surface area (Å²) in [4.78, 5) is 31.1. The van der Waals surface area contributed by atoms with Gasteiger partial charge in [0.05, 0.1) is 28.5 Å². The van der Waals surface area contributed by atoms with Gasteiger partial charge in [-0.2, -0.15) is 5.10 Å². The number of carbonyl (C=O) groups is 1. The predicted molar refractivity (Wildman–Crippen MR) is 154 cm³/mol. The molecule has 0 spiro atoms. The molecule has 1 amide bonds. The first-order valence-corrected chi connectivity index (χ1v) is 15.1. The third kappa shape index (κ3) is 4.89. The molecule has 1 atom stereocenters. The zero-order valence-electron chi connectivity index (χ0n) is 22.3. The van der Waals surface area contributed by atoms with E-state index in [1.165, 1.54) is 42.2 Å². The molecule has 6 rings (SSSR count). The fourth-order valence-electron chi connectivity index (χ4n) is 4.59. The fourth-order valence-corrected chi connectivity index (χ4v) is 6.77. The van der Waals surface area contributed by atoms with Crippen molar-refractivity contribution in [3.05, 3.63) is 81.9 Å². The van der Waals surface area contributed by atoms with Gasteiger partial charge in [0.1, 0.15) is 5.39 Å². The summed E-state index contributed by atoms with van der Waals surface area (Å²) in [7, 11) is -3.91. The number of aromatic nitrogens is 5. The van der Waals surface area contributed by atoms with Crippen LogP contribution >= 0.6 is 11.8 Å². The smallest absolute Gasteiger partial charge is 0.265 e. The lowest BCUT2D eigenvalue weighted by atomic mass is 10.2. The minimum atomic E-state index is -3.91. The average molecular weight is 592 g/mol. The Hall–Kier alpha value is -4.43. The van der Waals surface area contributed by atoms with Crippen LogP contribution in [0, 0.1) is 20.8 Å². The lowest BCUT2D eigenvalue weighted by molar-refractivity contribution is -0.116. The van der Waals surface area contributed by atoms with Gasteiger partial charge < -0.3 is 9.84 Å². The van der Waals surface area contributed by atoms with Crippen molar-refractivity contribution < 1.29 is 17.7 Å². The molecular weight excluding hydrogens is 566 g/mol. The molecule has 0 bridgehead atoms. The predicted octanol–water partition coefficient (Wildman–Crippen LogP) is 3.97. The van der Waals surface area contributed by atoms with Crippen LogP contribution in [0.1, 0.15) is 29.3 Å². The third-order valence-corrected chi connectivity index (χ3v) is 9.41. The quantitative estimate of drug-likeness (QED) is 0.268. The molecule has 12 nitrogen and oxygen atoms in total. The maximum atomic E-state index is 13.4. The normalized spacial score (nSPS) is 14.8. The van der Waals surface area contributed by atoms with E-state index in [0.717, 1.165) is 11.3 Å². The number of nitrogens with one attached hydrogen (secondary N) is 2. The maximum absolute atomic E-state index is 13.4. The number of fused-ring (bicyclic) bond motifs is 2. The summed E-state index contributed by atoms with van der Waals surface area (Å²) < 4.78 is 36.1. The second-order valence-electron chi connectivity index (χ2n) is 9.72. The summed E-state index contributed by atoms with van der Waals surface area (Å²) in [6.45, 7) is 5.38. The minimum Gasteiger partial charge on any atom is -0.337 e. The number of rotatable bonds is 7. The van der Waals surface area contributed by atoms with Gasteiger partial charge in [0.2, 0.25) is 11.8 Å². The van der Waals surface area contributed by atoms with Gasteiger partial charge in [0.15, 0.2) is 10.8 Å².